The van der Waals surface area contributed by atoms with Crippen LogP contribution in [0.15, 0.2) is 0 Å². The summed E-state index contributed by atoms with van der Waals surface area (Å²) in [6.45, 7) is 3.64. The molecule has 0 spiro atoms. The number of hydrogen-bond donors (Lipinski definition) is 1. The van der Waals surface area contributed by atoms with E-state index in [1.807, 2.05) is 0 Å². The zero-order valence-corrected chi connectivity index (χ0v) is 8.18. The molecule has 2 aliphatic carbocycles. The summed E-state index contributed by atoms with van der Waals surface area (Å²) in [6, 6.07) is 0.908. The molecule has 2 unspecified atom stereocenters. The maximum atomic E-state index is 3.64. The Morgan fingerprint density at radius 1 is 1.08 bits per heavy atom. The van der Waals surface area contributed by atoms with Crippen LogP contribution >= 0.6 is 0 Å². The summed E-state index contributed by atoms with van der Waals surface area (Å²) in [6.07, 6.45) is 8.75. The van der Waals surface area contributed by atoms with Crippen LogP contribution in [0.1, 0.15) is 45.4 Å². The van der Waals surface area contributed by atoms with Crippen LogP contribution in [0.25, 0.3) is 0 Å². The first-order valence-corrected chi connectivity index (χ1v) is 5.62. The highest BCUT2D eigenvalue weighted by Crippen LogP contribution is 2.32. The van der Waals surface area contributed by atoms with Gasteiger partial charge in [-0.1, -0.05) is 19.8 Å². The second kappa shape index (κ2) is 3.78. The van der Waals surface area contributed by atoms with Crippen molar-refractivity contribution in [3.8, 4) is 0 Å². The second-order valence-electron chi connectivity index (χ2n) is 4.64. The molecule has 0 saturated heterocycles. The Kier molecular flexibility index (Phi) is 2.69. The van der Waals surface area contributed by atoms with Gasteiger partial charge in [-0.05, 0) is 44.1 Å². The molecule has 2 saturated carbocycles. The molecule has 70 valence electrons. The lowest BCUT2D eigenvalue weighted by Crippen LogP contribution is -2.23. The molecular weight excluding hydrogens is 146 g/mol. The third-order valence-electron chi connectivity index (χ3n) is 3.50. The molecule has 0 aromatic rings. The van der Waals surface area contributed by atoms with Crippen molar-refractivity contribution in [3.63, 3.8) is 0 Å². The molecule has 1 heteroatoms. The molecule has 0 heterocycles. The van der Waals surface area contributed by atoms with Crippen molar-refractivity contribution in [1.82, 2.24) is 5.32 Å². The first-order chi connectivity index (χ1) is 5.88. The fraction of sp³-hybridized carbons (Fsp3) is 1.00. The smallest absolute Gasteiger partial charge is 0.00683 e. The molecule has 2 rings (SSSR count). The van der Waals surface area contributed by atoms with E-state index in [2.05, 4.69) is 12.2 Å². The van der Waals surface area contributed by atoms with Gasteiger partial charge in [0.1, 0.15) is 0 Å². The van der Waals surface area contributed by atoms with Crippen molar-refractivity contribution in [2.24, 2.45) is 11.8 Å². The van der Waals surface area contributed by atoms with Crippen molar-refractivity contribution < 1.29 is 0 Å². The SMILES string of the molecule is CCC1CCC(CNC2CC2)C1. The zero-order valence-electron chi connectivity index (χ0n) is 8.18. The maximum Gasteiger partial charge on any atom is 0.00683 e. The van der Waals surface area contributed by atoms with E-state index in [9.17, 15) is 0 Å². The van der Waals surface area contributed by atoms with Gasteiger partial charge < -0.3 is 5.32 Å². The average molecular weight is 167 g/mol. The van der Waals surface area contributed by atoms with Crippen LogP contribution in [0.2, 0.25) is 0 Å². The Hall–Kier alpha value is -0.0400. The van der Waals surface area contributed by atoms with E-state index in [0.717, 1.165) is 17.9 Å². The fourth-order valence-electron chi connectivity index (χ4n) is 2.36. The molecule has 2 aliphatic rings. The van der Waals surface area contributed by atoms with E-state index in [4.69, 9.17) is 0 Å². The van der Waals surface area contributed by atoms with Gasteiger partial charge in [-0.15, -0.1) is 0 Å². The van der Waals surface area contributed by atoms with Gasteiger partial charge in [-0.25, -0.2) is 0 Å². The quantitative estimate of drug-likeness (QED) is 0.678. The highest BCUT2D eigenvalue weighted by Gasteiger charge is 2.26. The molecule has 2 fully saturated rings. The Morgan fingerprint density at radius 3 is 2.42 bits per heavy atom. The molecule has 0 aliphatic heterocycles. The molecule has 2 atom stereocenters. The van der Waals surface area contributed by atoms with Gasteiger partial charge >= 0.3 is 0 Å². The normalized spacial score (nSPS) is 35.8. The monoisotopic (exact) mass is 167 g/mol. The third-order valence-corrected chi connectivity index (χ3v) is 3.50. The van der Waals surface area contributed by atoms with Gasteiger partial charge in [-0.3, -0.25) is 0 Å². The first-order valence-electron chi connectivity index (χ1n) is 5.62. The predicted molar refractivity (Wildman–Crippen MR) is 52.1 cm³/mol. The van der Waals surface area contributed by atoms with Gasteiger partial charge in [0.15, 0.2) is 0 Å². The minimum absolute atomic E-state index is 0.908. The van der Waals surface area contributed by atoms with Gasteiger partial charge in [0, 0.05) is 6.04 Å². The van der Waals surface area contributed by atoms with Gasteiger partial charge in [0.25, 0.3) is 0 Å². The Labute approximate surface area is 75.9 Å². The molecule has 12 heavy (non-hydrogen) atoms. The van der Waals surface area contributed by atoms with Crippen molar-refractivity contribution >= 4 is 0 Å². The molecule has 0 amide bonds. The summed E-state index contributed by atoms with van der Waals surface area (Å²) in [5.41, 5.74) is 0. The lowest BCUT2D eigenvalue weighted by molar-refractivity contribution is 0.451. The van der Waals surface area contributed by atoms with Gasteiger partial charge in [-0.2, -0.15) is 0 Å². The van der Waals surface area contributed by atoms with E-state index in [1.165, 1.54) is 45.1 Å². The Bertz CT molecular complexity index is 140. The highest BCUT2D eigenvalue weighted by atomic mass is 14.9. The minimum Gasteiger partial charge on any atom is -0.314 e. The summed E-state index contributed by atoms with van der Waals surface area (Å²) in [5, 5.41) is 3.64. The molecule has 1 N–H and O–H groups in total. The van der Waals surface area contributed by atoms with E-state index < -0.39 is 0 Å². The fourth-order valence-corrected chi connectivity index (χ4v) is 2.36. The van der Waals surface area contributed by atoms with Crippen LogP contribution in [-0.4, -0.2) is 12.6 Å². The van der Waals surface area contributed by atoms with E-state index >= 15 is 0 Å². The van der Waals surface area contributed by atoms with Crippen molar-refractivity contribution in [1.29, 1.82) is 0 Å². The summed E-state index contributed by atoms with van der Waals surface area (Å²) in [4.78, 5) is 0. The number of hydrogen-bond acceptors (Lipinski definition) is 1. The topological polar surface area (TPSA) is 12.0 Å². The van der Waals surface area contributed by atoms with Gasteiger partial charge in [0.2, 0.25) is 0 Å². The molecule has 0 radical (unpaired) electrons. The molecule has 0 aromatic heterocycles. The highest BCUT2D eigenvalue weighted by molar-refractivity contribution is 4.84. The summed E-state index contributed by atoms with van der Waals surface area (Å²) < 4.78 is 0. The van der Waals surface area contributed by atoms with Crippen LogP contribution in [0, 0.1) is 11.8 Å². The van der Waals surface area contributed by atoms with Crippen LogP contribution in [0.5, 0.6) is 0 Å². The molecule has 0 bridgehead atoms. The van der Waals surface area contributed by atoms with Crippen LogP contribution in [-0.2, 0) is 0 Å². The maximum absolute atomic E-state index is 3.64. The summed E-state index contributed by atoms with van der Waals surface area (Å²) in [7, 11) is 0. The zero-order chi connectivity index (χ0) is 8.39. The van der Waals surface area contributed by atoms with Crippen LogP contribution in [0.4, 0.5) is 0 Å². The van der Waals surface area contributed by atoms with Crippen molar-refractivity contribution in [2.75, 3.05) is 6.54 Å². The first kappa shape index (κ1) is 8.55. The Balaban J connectivity index is 1.61. The molecular formula is C11H21N. The third kappa shape index (κ3) is 2.22. The number of rotatable bonds is 4. The Morgan fingerprint density at radius 2 is 1.83 bits per heavy atom. The van der Waals surface area contributed by atoms with Crippen molar-refractivity contribution in [3.05, 3.63) is 0 Å². The lowest BCUT2D eigenvalue weighted by atomic mass is 10.0. The molecule has 1 nitrogen and oxygen atoms in total. The average Bonchev–Trinajstić information content (AvgIpc) is 2.81. The summed E-state index contributed by atoms with van der Waals surface area (Å²) in [5.74, 6) is 2.06. The second-order valence-corrected chi connectivity index (χ2v) is 4.64. The van der Waals surface area contributed by atoms with E-state index in [0.29, 0.717) is 0 Å². The summed E-state index contributed by atoms with van der Waals surface area (Å²) >= 11 is 0. The largest absolute Gasteiger partial charge is 0.314 e. The van der Waals surface area contributed by atoms with Crippen LogP contribution in [0.3, 0.4) is 0 Å². The van der Waals surface area contributed by atoms with E-state index in [-0.39, 0.29) is 0 Å². The molecule has 0 aromatic carbocycles. The van der Waals surface area contributed by atoms with Crippen molar-refractivity contribution in [2.45, 2.75) is 51.5 Å². The number of nitrogens with one attached hydrogen (secondary N) is 1. The standard InChI is InChI=1S/C11H21N/c1-2-9-3-4-10(7-9)8-12-11-5-6-11/h9-12H,2-8H2,1H3. The minimum atomic E-state index is 0.908. The van der Waals surface area contributed by atoms with E-state index in [1.54, 1.807) is 0 Å². The predicted octanol–water partition coefficient (Wildman–Crippen LogP) is 2.56. The van der Waals surface area contributed by atoms with Crippen LogP contribution < -0.4 is 5.32 Å². The lowest BCUT2D eigenvalue weighted by Gasteiger charge is -2.10. The van der Waals surface area contributed by atoms with Gasteiger partial charge in [0.05, 0.1) is 0 Å².